The second-order valence-electron chi connectivity index (χ2n) is 5.49. The molecule has 0 heterocycles. The van der Waals surface area contributed by atoms with Gasteiger partial charge in [-0.2, -0.15) is 0 Å². The van der Waals surface area contributed by atoms with Crippen molar-refractivity contribution in [2.24, 2.45) is 4.99 Å². The summed E-state index contributed by atoms with van der Waals surface area (Å²) in [6, 6.07) is 7.49. The van der Waals surface area contributed by atoms with Crippen LogP contribution in [0.15, 0.2) is 29.3 Å². The van der Waals surface area contributed by atoms with Crippen molar-refractivity contribution in [3.63, 3.8) is 0 Å². The fourth-order valence-corrected chi connectivity index (χ4v) is 2.18. The van der Waals surface area contributed by atoms with Gasteiger partial charge in [-0.3, -0.25) is 9.59 Å². The fraction of sp³-hybridized carbons (Fsp3) is 0.500. The molecule has 0 aromatic heterocycles. The maximum Gasteiger partial charge on any atom is 0.251 e. The van der Waals surface area contributed by atoms with E-state index in [-0.39, 0.29) is 18.4 Å². The number of carbonyl (C=O) groups is 2. The number of benzene rings is 1. The zero-order valence-electron chi connectivity index (χ0n) is 15.7. The van der Waals surface area contributed by atoms with Crippen LogP contribution in [0.5, 0.6) is 0 Å². The Morgan fingerprint density at radius 3 is 2.65 bits per heavy atom. The molecule has 0 unspecified atom stereocenters. The van der Waals surface area contributed by atoms with Crippen molar-refractivity contribution in [3.8, 4) is 0 Å². The summed E-state index contributed by atoms with van der Waals surface area (Å²) in [6.07, 6.45) is 0.731. The van der Waals surface area contributed by atoms with E-state index in [0.717, 1.165) is 12.0 Å². The number of nitrogens with zero attached hydrogens (tertiary/aromatic N) is 1. The van der Waals surface area contributed by atoms with E-state index < -0.39 is 0 Å². The smallest absolute Gasteiger partial charge is 0.251 e. The van der Waals surface area contributed by atoms with Crippen LogP contribution in [-0.4, -0.2) is 64.7 Å². The predicted octanol–water partition coefficient (Wildman–Crippen LogP) is -0.0936. The van der Waals surface area contributed by atoms with E-state index >= 15 is 0 Å². The summed E-state index contributed by atoms with van der Waals surface area (Å²) in [6.45, 7) is 4.28. The van der Waals surface area contributed by atoms with Crippen LogP contribution in [0.3, 0.4) is 0 Å². The van der Waals surface area contributed by atoms with Crippen molar-refractivity contribution in [1.82, 2.24) is 21.3 Å². The normalized spacial score (nSPS) is 11.0. The third-order valence-electron chi connectivity index (χ3n) is 3.48. The van der Waals surface area contributed by atoms with Gasteiger partial charge >= 0.3 is 0 Å². The number of nitrogens with one attached hydrogen (secondary N) is 4. The monoisotopic (exact) mass is 363 g/mol. The van der Waals surface area contributed by atoms with Gasteiger partial charge in [-0.25, -0.2) is 4.99 Å². The molecule has 0 saturated heterocycles. The average Bonchev–Trinajstić information content (AvgIpc) is 2.66. The van der Waals surface area contributed by atoms with E-state index in [1.165, 1.54) is 0 Å². The number of guanidine groups is 1. The maximum absolute atomic E-state index is 11.7. The first-order valence-corrected chi connectivity index (χ1v) is 8.69. The van der Waals surface area contributed by atoms with E-state index in [1.54, 1.807) is 20.2 Å². The topological polar surface area (TPSA) is 104 Å². The second kappa shape index (κ2) is 12.7. The molecule has 1 aromatic carbocycles. The molecule has 0 fully saturated rings. The predicted molar refractivity (Wildman–Crippen MR) is 102 cm³/mol. The van der Waals surface area contributed by atoms with Gasteiger partial charge in [-0.15, -0.1) is 0 Å². The lowest BCUT2D eigenvalue weighted by molar-refractivity contribution is -0.119. The minimum atomic E-state index is -0.155. The van der Waals surface area contributed by atoms with E-state index in [4.69, 9.17) is 4.74 Å². The van der Waals surface area contributed by atoms with Gasteiger partial charge in [0.2, 0.25) is 5.91 Å². The molecule has 0 aliphatic carbocycles. The molecule has 0 bridgehead atoms. The van der Waals surface area contributed by atoms with Crippen LogP contribution < -0.4 is 21.3 Å². The molecule has 0 saturated carbocycles. The largest absolute Gasteiger partial charge is 0.383 e. The summed E-state index contributed by atoms with van der Waals surface area (Å²) < 4.78 is 4.88. The van der Waals surface area contributed by atoms with Gasteiger partial charge < -0.3 is 26.0 Å². The second-order valence-corrected chi connectivity index (χ2v) is 5.49. The van der Waals surface area contributed by atoms with Crippen LogP contribution in [0.25, 0.3) is 0 Å². The number of carbonyl (C=O) groups excluding carboxylic acids is 2. The Labute approximate surface area is 154 Å². The zero-order chi connectivity index (χ0) is 19.2. The van der Waals surface area contributed by atoms with Crippen LogP contribution in [0, 0.1) is 0 Å². The first kappa shape index (κ1) is 21.4. The molecule has 0 aliphatic rings. The van der Waals surface area contributed by atoms with Gasteiger partial charge in [0, 0.05) is 39.4 Å². The van der Waals surface area contributed by atoms with Gasteiger partial charge in [0.15, 0.2) is 5.96 Å². The highest BCUT2D eigenvalue weighted by Gasteiger charge is 2.05. The van der Waals surface area contributed by atoms with Crippen LogP contribution in [0.1, 0.15) is 22.8 Å². The summed E-state index contributed by atoms with van der Waals surface area (Å²) in [5.41, 5.74) is 1.69. The highest BCUT2D eigenvalue weighted by atomic mass is 16.5. The molecular formula is C18H29N5O3. The Hall–Kier alpha value is -2.61. The van der Waals surface area contributed by atoms with Gasteiger partial charge in [0.05, 0.1) is 6.61 Å². The lowest BCUT2D eigenvalue weighted by Crippen LogP contribution is -2.39. The third-order valence-corrected chi connectivity index (χ3v) is 3.48. The van der Waals surface area contributed by atoms with Gasteiger partial charge in [0.25, 0.3) is 5.91 Å². The summed E-state index contributed by atoms with van der Waals surface area (Å²) >= 11 is 0. The number of hydrogen-bond acceptors (Lipinski definition) is 4. The molecule has 8 heteroatoms. The summed E-state index contributed by atoms with van der Waals surface area (Å²) in [7, 11) is 3.20. The number of aliphatic imine (C=N–C) groups is 1. The molecule has 0 aliphatic heterocycles. The number of methoxy groups -OCH3 is 1. The SMILES string of the molecule is CCNC(=NCC(=O)NCCOC)NCCc1cccc(C(=O)NC)c1. The van der Waals surface area contributed by atoms with E-state index in [1.807, 2.05) is 25.1 Å². The molecule has 1 aromatic rings. The van der Waals surface area contributed by atoms with E-state index in [9.17, 15) is 9.59 Å². The number of hydrogen-bond donors (Lipinski definition) is 4. The molecule has 1 rings (SSSR count). The van der Waals surface area contributed by atoms with Crippen molar-refractivity contribution in [1.29, 1.82) is 0 Å². The van der Waals surface area contributed by atoms with Gasteiger partial charge in [0.1, 0.15) is 6.54 Å². The standard InChI is InChI=1S/C18H29N5O3/c1-4-20-18(23-13-16(24)21-10-11-26-3)22-9-8-14-6-5-7-15(12-14)17(25)19-2/h5-7,12H,4,8-11,13H2,1-3H3,(H,19,25)(H,21,24)(H2,20,22,23). The Morgan fingerprint density at radius 2 is 1.96 bits per heavy atom. The van der Waals surface area contributed by atoms with E-state index in [2.05, 4.69) is 26.3 Å². The minimum absolute atomic E-state index is 0.0468. The number of rotatable bonds is 10. The molecule has 0 spiro atoms. The lowest BCUT2D eigenvalue weighted by atomic mass is 10.1. The Bertz CT molecular complexity index is 604. The molecule has 0 atom stereocenters. The molecule has 26 heavy (non-hydrogen) atoms. The lowest BCUT2D eigenvalue weighted by Gasteiger charge is -2.11. The van der Waals surface area contributed by atoms with Crippen LogP contribution in [0.2, 0.25) is 0 Å². The zero-order valence-corrected chi connectivity index (χ0v) is 15.7. The molecular weight excluding hydrogens is 334 g/mol. The van der Waals surface area contributed by atoms with Crippen molar-refractivity contribution in [2.45, 2.75) is 13.3 Å². The van der Waals surface area contributed by atoms with Crippen LogP contribution in [-0.2, 0) is 16.0 Å². The van der Waals surface area contributed by atoms with Crippen molar-refractivity contribution in [3.05, 3.63) is 35.4 Å². The van der Waals surface area contributed by atoms with E-state index in [0.29, 0.717) is 37.8 Å². The Morgan fingerprint density at radius 1 is 1.15 bits per heavy atom. The number of ether oxygens (including phenoxy) is 1. The third kappa shape index (κ3) is 8.48. The molecule has 2 amide bonds. The average molecular weight is 363 g/mol. The van der Waals surface area contributed by atoms with Crippen molar-refractivity contribution in [2.75, 3.05) is 46.9 Å². The summed E-state index contributed by atoms with van der Waals surface area (Å²) in [5, 5.41) is 11.6. The molecule has 4 N–H and O–H groups in total. The van der Waals surface area contributed by atoms with Crippen molar-refractivity contribution >= 4 is 17.8 Å². The van der Waals surface area contributed by atoms with Gasteiger partial charge in [-0.05, 0) is 31.0 Å². The first-order chi connectivity index (χ1) is 12.6. The van der Waals surface area contributed by atoms with Crippen LogP contribution >= 0.6 is 0 Å². The fourth-order valence-electron chi connectivity index (χ4n) is 2.18. The quantitative estimate of drug-likeness (QED) is 0.264. The number of amides is 2. The highest BCUT2D eigenvalue weighted by Crippen LogP contribution is 2.05. The molecule has 0 radical (unpaired) electrons. The van der Waals surface area contributed by atoms with Crippen LogP contribution in [0.4, 0.5) is 0 Å². The highest BCUT2D eigenvalue weighted by molar-refractivity contribution is 5.94. The van der Waals surface area contributed by atoms with Crippen molar-refractivity contribution < 1.29 is 14.3 Å². The molecule has 8 nitrogen and oxygen atoms in total. The summed E-state index contributed by atoms with van der Waals surface area (Å²) in [4.78, 5) is 27.6. The Kier molecular flexibility index (Phi) is 10.5. The maximum atomic E-state index is 11.7. The van der Waals surface area contributed by atoms with Gasteiger partial charge in [-0.1, -0.05) is 12.1 Å². The minimum Gasteiger partial charge on any atom is -0.383 e. The first-order valence-electron chi connectivity index (χ1n) is 8.69. The molecule has 144 valence electrons. The Balaban J connectivity index is 2.49. The summed E-state index contributed by atoms with van der Waals surface area (Å²) in [5.74, 6) is 0.323.